The smallest absolute Gasteiger partial charge is 0.0460 e. The van der Waals surface area contributed by atoms with E-state index < -0.39 is 0 Å². The summed E-state index contributed by atoms with van der Waals surface area (Å²) in [4.78, 5) is 2.83. The molecule has 20 heavy (non-hydrogen) atoms. The Morgan fingerprint density at radius 1 is 1.00 bits per heavy atom. The second-order valence-electron chi connectivity index (χ2n) is 6.80. The largest absolute Gasteiger partial charge is 0.294 e. The summed E-state index contributed by atoms with van der Waals surface area (Å²) >= 11 is 0. The number of hydrogen-bond donors (Lipinski definition) is 0. The molecule has 1 saturated heterocycles. The summed E-state index contributed by atoms with van der Waals surface area (Å²) in [5.41, 5.74) is 1.93. The first kappa shape index (κ1) is 14.1. The molecule has 0 atom stereocenters. The minimum Gasteiger partial charge on any atom is -0.294 e. The van der Waals surface area contributed by atoms with E-state index in [-0.39, 0.29) is 0 Å². The van der Waals surface area contributed by atoms with Gasteiger partial charge < -0.3 is 0 Å². The molecule has 1 aromatic carbocycles. The van der Waals surface area contributed by atoms with Crippen molar-refractivity contribution in [3.63, 3.8) is 0 Å². The van der Waals surface area contributed by atoms with Gasteiger partial charge in [0.1, 0.15) is 0 Å². The Hall–Kier alpha value is -0.820. The lowest BCUT2D eigenvalue weighted by atomic mass is 9.70. The molecule has 3 rings (SSSR count). The van der Waals surface area contributed by atoms with Crippen molar-refractivity contribution in [1.82, 2.24) is 4.90 Å². The van der Waals surface area contributed by atoms with Crippen molar-refractivity contribution >= 4 is 0 Å². The van der Waals surface area contributed by atoms with Gasteiger partial charge in [0, 0.05) is 5.54 Å². The lowest BCUT2D eigenvalue weighted by Gasteiger charge is -2.50. The van der Waals surface area contributed by atoms with Crippen molar-refractivity contribution in [2.24, 2.45) is 5.92 Å². The zero-order valence-corrected chi connectivity index (χ0v) is 13.0. The molecule has 1 aliphatic heterocycles. The Labute approximate surface area is 124 Å². The topological polar surface area (TPSA) is 3.24 Å². The summed E-state index contributed by atoms with van der Waals surface area (Å²) < 4.78 is 0. The molecule has 0 spiro atoms. The third-order valence-electron chi connectivity index (χ3n) is 5.78. The van der Waals surface area contributed by atoms with Crippen LogP contribution in [0.2, 0.25) is 0 Å². The first-order chi connectivity index (χ1) is 9.85. The van der Waals surface area contributed by atoms with Gasteiger partial charge in [0.15, 0.2) is 0 Å². The molecule has 2 aliphatic rings. The third kappa shape index (κ3) is 2.65. The van der Waals surface area contributed by atoms with Crippen molar-refractivity contribution < 1.29 is 0 Å². The van der Waals surface area contributed by atoms with Gasteiger partial charge in [0.25, 0.3) is 0 Å². The highest BCUT2D eigenvalue weighted by atomic mass is 15.2. The maximum Gasteiger partial charge on any atom is 0.0460 e. The molecule has 1 aromatic rings. The highest BCUT2D eigenvalue weighted by Crippen LogP contribution is 2.45. The van der Waals surface area contributed by atoms with Crippen LogP contribution < -0.4 is 0 Å². The monoisotopic (exact) mass is 271 g/mol. The summed E-state index contributed by atoms with van der Waals surface area (Å²) in [5.74, 6) is 0.969. The van der Waals surface area contributed by atoms with E-state index in [2.05, 4.69) is 42.2 Å². The quantitative estimate of drug-likeness (QED) is 0.750. The van der Waals surface area contributed by atoms with Gasteiger partial charge in [-0.3, -0.25) is 4.90 Å². The molecule has 0 unspecified atom stereocenters. The van der Waals surface area contributed by atoms with Gasteiger partial charge >= 0.3 is 0 Å². The minimum atomic E-state index is 0.355. The van der Waals surface area contributed by atoms with E-state index in [1.807, 2.05) is 0 Å². The van der Waals surface area contributed by atoms with Crippen LogP contribution in [0, 0.1) is 5.92 Å². The molecule has 1 nitrogen and oxygen atoms in total. The molecule has 1 heteroatoms. The van der Waals surface area contributed by atoms with Crippen molar-refractivity contribution in [2.75, 3.05) is 13.1 Å². The van der Waals surface area contributed by atoms with Crippen LogP contribution in [0.25, 0.3) is 0 Å². The van der Waals surface area contributed by atoms with Crippen LogP contribution in [0.5, 0.6) is 0 Å². The Morgan fingerprint density at radius 3 is 2.25 bits per heavy atom. The molecular weight excluding hydrogens is 242 g/mol. The van der Waals surface area contributed by atoms with Crippen LogP contribution in [-0.2, 0) is 5.54 Å². The summed E-state index contributed by atoms with van der Waals surface area (Å²) in [7, 11) is 0. The number of likely N-dealkylation sites (tertiary alicyclic amines) is 1. The van der Waals surface area contributed by atoms with Crippen LogP contribution in [-0.4, -0.2) is 18.0 Å². The van der Waals surface area contributed by atoms with Crippen molar-refractivity contribution in [2.45, 2.75) is 63.8 Å². The molecule has 110 valence electrons. The third-order valence-corrected chi connectivity index (χ3v) is 5.78. The van der Waals surface area contributed by atoms with Crippen LogP contribution in [0.15, 0.2) is 30.3 Å². The Balaban J connectivity index is 1.87. The van der Waals surface area contributed by atoms with E-state index in [9.17, 15) is 0 Å². The van der Waals surface area contributed by atoms with Gasteiger partial charge in [0.2, 0.25) is 0 Å². The molecule has 1 heterocycles. The van der Waals surface area contributed by atoms with Crippen LogP contribution in [0.1, 0.15) is 63.9 Å². The Bertz CT molecular complexity index is 397. The lowest BCUT2D eigenvalue weighted by Crippen LogP contribution is -2.50. The first-order valence-corrected chi connectivity index (χ1v) is 8.66. The van der Waals surface area contributed by atoms with Crippen LogP contribution in [0.3, 0.4) is 0 Å². The van der Waals surface area contributed by atoms with Crippen molar-refractivity contribution in [3.05, 3.63) is 35.9 Å². The normalized spacial score (nSPS) is 32.1. The minimum absolute atomic E-state index is 0.355. The number of rotatable bonds is 3. The van der Waals surface area contributed by atoms with Crippen molar-refractivity contribution in [1.29, 1.82) is 0 Å². The molecule has 0 aromatic heterocycles. The number of piperidine rings is 1. The fraction of sp³-hybridized carbons (Fsp3) is 0.684. The molecule has 1 saturated carbocycles. The predicted molar refractivity (Wildman–Crippen MR) is 85.8 cm³/mol. The highest BCUT2D eigenvalue weighted by Gasteiger charge is 2.41. The molecule has 0 N–H and O–H groups in total. The fourth-order valence-electron chi connectivity index (χ4n) is 4.42. The molecule has 1 aliphatic carbocycles. The maximum absolute atomic E-state index is 2.83. The fourth-order valence-corrected chi connectivity index (χ4v) is 4.42. The van der Waals surface area contributed by atoms with Gasteiger partial charge in [-0.2, -0.15) is 0 Å². The maximum atomic E-state index is 2.83. The molecule has 2 fully saturated rings. The molecule has 0 radical (unpaired) electrons. The van der Waals surface area contributed by atoms with E-state index in [0.717, 1.165) is 5.92 Å². The first-order valence-electron chi connectivity index (χ1n) is 8.66. The van der Waals surface area contributed by atoms with Gasteiger partial charge in [-0.1, -0.05) is 50.1 Å². The molecule has 0 bridgehead atoms. The van der Waals surface area contributed by atoms with E-state index in [4.69, 9.17) is 0 Å². The van der Waals surface area contributed by atoms with E-state index in [1.54, 1.807) is 5.56 Å². The molecular formula is C19H29N. The van der Waals surface area contributed by atoms with Gasteiger partial charge in [-0.25, -0.2) is 0 Å². The van der Waals surface area contributed by atoms with Gasteiger partial charge in [-0.15, -0.1) is 0 Å². The lowest BCUT2D eigenvalue weighted by molar-refractivity contribution is 0.0170. The van der Waals surface area contributed by atoms with Crippen LogP contribution >= 0.6 is 0 Å². The van der Waals surface area contributed by atoms with Crippen LogP contribution in [0.4, 0.5) is 0 Å². The summed E-state index contributed by atoms with van der Waals surface area (Å²) in [6.45, 7) is 4.98. The highest BCUT2D eigenvalue weighted by molar-refractivity contribution is 5.25. The van der Waals surface area contributed by atoms with Crippen molar-refractivity contribution in [3.8, 4) is 0 Å². The summed E-state index contributed by atoms with van der Waals surface area (Å²) in [6.07, 6.45) is 11.2. The number of hydrogen-bond acceptors (Lipinski definition) is 1. The zero-order chi connectivity index (χ0) is 13.8. The SMILES string of the molecule is CCC1CCC(c2ccccc2)(N2CCCCC2)CC1. The standard InChI is InChI=1S/C19H29N/c1-2-17-11-13-19(14-12-17,18-9-5-3-6-10-18)20-15-7-4-8-16-20/h3,5-6,9-10,17H,2,4,7-8,11-16H2,1H3. The number of nitrogens with zero attached hydrogens (tertiary/aromatic N) is 1. The average Bonchev–Trinajstić information content (AvgIpc) is 2.56. The predicted octanol–water partition coefficient (Wildman–Crippen LogP) is 4.97. The summed E-state index contributed by atoms with van der Waals surface area (Å²) in [5, 5.41) is 0. The molecule has 0 amide bonds. The second kappa shape index (κ2) is 6.30. The number of benzene rings is 1. The second-order valence-corrected chi connectivity index (χ2v) is 6.80. The van der Waals surface area contributed by atoms with Gasteiger partial charge in [0.05, 0.1) is 0 Å². The Kier molecular flexibility index (Phi) is 4.45. The van der Waals surface area contributed by atoms with Gasteiger partial charge in [-0.05, 0) is 63.1 Å². The average molecular weight is 271 g/mol. The summed E-state index contributed by atoms with van der Waals surface area (Å²) in [6, 6.07) is 11.4. The zero-order valence-electron chi connectivity index (χ0n) is 13.0. The van der Waals surface area contributed by atoms with E-state index in [1.165, 1.54) is 64.5 Å². The van der Waals surface area contributed by atoms with E-state index in [0.29, 0.717) is 5.54 Å². The van der Waals surface area contributed by atoms with E-state index >= 15 is 0 Å². The Morgan fingerprint density at radius 2 is 1.65 bits per heavy atom.